The summed E-state index contributed by atoms with van der Waals surface area (Å²) in [5, 5.41) is 10.8. The maximum Gasteiger partial charge on any atom is 0.151 e. The van der Waals surface area contributed by atoms with Gasteiger partial charge in [0.15, 0.2) is 9.84 Å². The molecule has 1 atom stereocenters. The summed E-state index contributed by atoms with van der Waals surface area (Å²) in [6.45, 7) is 1.44. The molecule has 7 heteroatoms. The minimum Gasteiger partial charge on any atom is -0.311 e. The number of aromatic nitrogens is 3. The van der Waals surface area contributed by atoms with Crippen LogP contribution in [0.3, 0.4) is 0 Å². The van der Waals surface area contributed by atoms with Crippen molar-refractivity contribution in [3.63, 3.8) is 0 Å². The number of nitrogens with one attached hydrogen (secondary N) is 1. The van der Waals surface area contributed by atoms with E-state index >= 15 is 0 Å². The van der Waals surface area contributed by atoms with Crippen molar-refractivity contribution >= 4 is 9.84 Å². The molecule has 1 aliphatic rings. The molecule has 1 fully saturated rings. The summed E-state index contributed by atoms with van der Waals surface area (Å²) >= 11 is 0. The van der Waals surface area contributed by atoms with Gasteiger partial charge in [0.25, 0.3) is 0 Å². The predicted octanol–water partition coefficient (Wildman–Crippen LogP) is -0.555. The molecular formula is C9H16N4O2S. The molecule has 2 rings (SSSR count). The van der Waals surface area contributed by atoms with E-state index in [1.807, 2.05) is 0 Å². The molecule has 0 aliphatic carbocycles. The van der Waals surface area contributed by atoms with Crippen LogP contribution < -0.4 is 5.32 Å². The minimum atomic E-state index is -2.81. The van der Waals surface area contributed by atoms with Gasteiger partial charge in [-0.2, -0.15) is 0 Å². The van der Waals surface area contributed by atoms with E-state index < -0.39 is 9.84 Å². The first-order valence-corrected chi connectivity index (χ1v) is 7.26. The second kappa shape index (κ2) is 4.92. The molecule has 1 aliphatic heterocycles. The number of sulfone groups is 1. The number of hydrogen-bond donors (Lipinski definition) is 1. The number of nitrogens with zero attached hydrogens (tertiary/aromatic N) is 3. The van der Waals surface area contributed by atoms with E-state index in [0.717, 1.165) is 25.9 Å². The molecule has 90 valence electrons. The molecule has 1 N–H and O–H groups in total. The van der Waals surface area contributed by atoms with Crippen LogP contribution in [0, 0.1) is 0 Å². The van der Waals surface area contributed by atoms with Gasteiger partial charge in [-0.3, -0.25) is 4.68 Å². The molecule has 1 saturated heterocycles. The molecule has 0 amide bonds. The summed E-state index contributed by atoms with van der Waals surface area (Å²) in [4.78, 5) is 0. The van der Waals surface area contributed by atoms with E-state index in [1.165, 1.54) is 0 Å². The predicted molar refractivity (Wildman–Crippen MR) is 59.7 cm³/mol. The molecule has 1 aromatic rings. The molecule has 0 spiro atoms. The third-order valence-corrected chi connectivity index (χ3v) is 4.53. The van der Waals surface area contributed by atoms with Crippen LogP contribution in [0.5, 0.6) is 0 Å². The number of hydrogen-bond acceptors (Lipinski definition) is 5. The topological polar surface area (TPSA) is 76.9 Å². The summed E-state index contributed by atoms with van der Waals surface area (Å²) in [5.74, 6) is 0.610. The van der Waals surface area contributed by atoms with Crippen molar-refractivity contribution in [1.82, 2.24) is 20.3 Å². The van der Waals surface area contributed by atoms with Crippen molar-refractivity contribution in [3.05, 3.63) is 12.4 Å². The lowest BCUT2D eigenvalue weighted by Gasteiger charge is -2.22. The second-order valence-electron chi connectivity index (χ2n) is 4.07. The van der Waals surface area contributed by atoms with Gasteiger partial charge in [-0.05, 0) is 12.8 Å². The fourth-order valence-corrected chi connectivity index (χ4v) is 3.59. The number of rotatable bonds is 4. The van der Waals surface area contributed by atoms with E-state index in [1.54, 1.807) is 17.1 Å². The average Bonchev–Trinajstić information content (AvgIpc) is 2.69. The molecule has 0 radical (unpaired) electrons. The quantitative estimate of drug-likeness (QED) is 0.768. The molecule has 1 unspecified atom stereocenters. The zero-order chi connectivity index (χ0) is 11.4. The zero-order valence-corrected chi connectivity index (χ0v) is 9.86. The molecule has 0 bridgehead atoms. The van der Waals surface area contributed by atoms with Crippen molar-refractivity contribution < 1.29 is 8.42 Å². The standard InChI is InChI=1S/C9H16N4O2S/c14-16(15)7-1-2-9(8-16)10-3-5-13-6-4-11-12-13/h4,6,9-10H,1-3,5,7-8H2. The Balaban J connectivity index is 1.74. The highest BCUT2D eigenvalue weighted by Gasteiger charge is 2.23. The highest BCUT2D eigenvalue weighted by molar-refractivity contribution is 7.91. The summed E-state index contributed by atoms with van der Waals surface area (Å²) < 4.78 is 24.5. The molecular weight excluding hydrogens is 228 g/mol. The summed E-state index contributed by atoms with van der Waals surface area (Å²) in [5.41, 5.74) is 0. The van der Waals surface area contributed by atoms with Crippen LogP contribution >= 0.6 is 0 Å². The molecule has 0 aromatic carbocycles. The Hall–Kier alpha value is -0.950. The monoisotopic (exact) mass is 244 g/mol. The maximum atomic E-state index is 11.4. The van der Waals surface area contributed by atoms with E-state index in [2.05, 4.69) is 15.6 Å². The van der Waals surface area contributed by atoms with E-state index in [9.17, 15) is 8.42 Å². The zero-order valence-electron chi connectivity index (χ0n) is 9.04. The molecule has 6 nitrogen and oxygen atoms in total. The van der Waals surface area contributed by atoms with E-state index in [-0.39, 0.29) is 11.8 Å². The molecule has 1 aromatic heterocycles. The smallest absolute Gasteiger partial charge is 0.151 e. The third-order valence-electron chi connectivity index (χ3n) is 2.71. The summed E-state index contributed by atoms with van der Waals surface area (Å²) in [6.07, 6.45) is 5.13. The normalized spacial score (nSPS) is 24.4. The van der Waals surface area contributed by atoms with Crippen molar-refractivity contribution in [2.24, 2.45) is 0 Å². The van der Waals surface area contributed by atoms with Gasteiger partial charge in [0, 0.05) is 18.8 Å². The van der Waals surface area contributed by atoms with Gasteiger partial charge < -0.3 is 5.32 Å². The van der Waals surface area contributed by atoms with Crippen LogP contribution in [-0.4, -0.2) is 47.5 Å². The molecule has 0 saturated carbocycles. The fourth-order valence-electron chi connectivity index (χ4n) is 1.92. The minimum absolute atomic E-state index is 0.0993. The summed E-state index contributed by atoms with van der Waals surface area (Å²) in [6, 6.07) is 0.0993. The van der Waals surface area contributed by atoms with Gasteiger partial charge in [-0.25, -0.2) is 8.42 Å². The van der Waals surface area contributed by atoms with Crippen LogP contribution in [-0.2, 0) is 16.4 Å². The van der Waals surface area contributed by atoms with E-state index in [4.69, 9.17) is 0 Å². The van der Waals surface area contributed by atoms with E-state index in [0.29, 0.717) is 5.75 Å². The van der Waals surface area contributed by atoms with Crippen molar-refractivity contribution in [2.45, 2.75) is 25.4 Å². The second-order valence-corrected chi connectivity index (χ2v) is 6.30. The van der Waals surface area contributed by atoms with Gasteiger partial charge in [-0.15, -0.1) is 5.10 Å². The van der Waals surface area contributed by atoms with Gasteiger partial charge >= 0.3 is 0 Å². The average molecular weight is 244 g/mol. The SMILES string of the molecule is O=S1(=O)CCCC(NCCn2ccnn2)C1. The Morgan fingerprint density at radius 3 is 3.06 bits per heavy atom. The Morgan fingerprint density at radius 1 is 1.50 bits per heavy atom. The highest BCUT2D eigenvalue weighted by atomic mass is 32.2. The van der Waals surface area contributed by atoms with Crippen molar-refractivity contribution in [2.75, 3.05) is 18.1 Å². The lowest BCUT2D eigenvalue weighted by molar-refractivity contribution is 0.453. The lowest BCUT2D eigenvalue weighted by atomic mass is 10.2. The van der Waals surface area contributed by atoms with Crippen LogP contribution in [0.4, 0.5) is 0 Å². The largest absolute Gasteiger partial charge is 0.311 e. The molecule has 2 heterocycles. The van der Waals surface area contributed by atoms with Crippen molar-refractivity contribution in [1.29, 1.82) is 0 Å². The van der Waals surface area contributed by atoms with Crippen LogP contribution in [0.25, 0.3) is 0 Å². The lowest BCUT2D eigenvalue weighted by Crippen LogP contribution is -2.41. The third kappa shape index (κ3) is 3.28. The van der Waals surface area contributed by atoms with Crippen molar-refractivity contribution in [3.8, 4) is 0 Å². The first-order chi connectivity index (χ1) is 7.66. The first kappa shape index (κ1) is 11.5. The highest BCUT2D eigenvalue weighted by Crippen LogP contribution is 2.11. The maximum absolute atomic E-state index is 11.4. The Morgan fingerprint density at radius 2 is 2.38 bits per heavy atom. The van der Waals surface area contributed by atoms with Gasteiger partial charge in [-0.1, -0.05) is 5.21 Å². The van der Waals surface area contributed by atoms with Crippen LogP contribution in [0.2, 0.25) is 0 Å². The fraction of sp³-hybridized carbons (Fsp3) is 0.778. The molecule has 16 heavy (non-hydrogen) atoms. The first-order valence-electron chi connectivity index (χ1n) is 5.44. The van der Waals surface area contributed by atoms with Crippen LogP contribution in [0.1, 0.15) is 12.8 Å². The van der Waals surface area contributed by atoms with Gasteiger partial charge in [0.1, 0.15) is 0 Å². The summed E-state index contributed by atoms with van der Waals surface area (Å²) in [7, 11) is -2.81. The van der Waals surface area contributed by atoms with Gasteiger partial charge in [0.2, 0.25) is 0 Å². The Kier molecular flexibility index (Phi) is 3.55. The Bertz CT molecular complexity index is 415. The Labute approximate surface area is 95.0 Å². The van der Waals surface area contributed by atoms with Gasteiger partial charge in [0.05, 0.1) is 24.2 Å². The van der Waals surface area contributed by atoms with Crippen LogP contribution in [0.15, 0.2) is 12.4 Å².